The number of hydrogen-bond donors (Lipinski definition) is 3. The van der Waals surface area contributed by atoms with Crippen LogP contribution in [-0.4, -0.2) is 39.6 Å². The normalized spacial score (nSPS) is 12.0. The standard InChI is InChI=1S/C22H21ClN8O2/c1-4-30-20(32)13-11-24-21(26-14-9-8-12-10-25-29-18(12)17(14)23)28-19(13)31(30)16-7-5-6-15(27-16)22(2,3)33/h5-11,33H,4H2,1-3H3,(H,25,29)(H,24,26,28). The van der Waals surface area contributed by atoms with Gasteiger partial charge < -0.3 is 10.4 Å². The van der Waals surface area contributed by atoms with Crippen LogP contribution in [0, 0.1) is 0 Å². The Morgan fingerprint density at radius 3 is 2.76 bits per heavy atom. The number of halogens is 1. The highest BCUT2D eigenvalue weighted by Gasteiger charge is 2.21. The number of benzene rings is 1. The lowest BCUT2D eigenvalue weighted by Gasteiger charge is -2.18. The minimum absolute atomic E-state index is 0.230. The highest BCUT2D eigenvalue weighted by Crippen LogP contribution is 2.31. The van der Waals surface area contributed by atoms with Gasteiger partial charge in [-0.25, -0.2) is 19.3 Å². The zero-order valence-corrected chi connectivity index (χ0v) is 18.9. The summed E-state index contributed by atoms with van der Waals surface area (Å²) in [7, 11) is 0. The van der Waals surface area contributed by atoms with Gasteiger partial charge in [0.05, 0.1) is 28.1 Å². The summed E-state index contributed by atoms with van der Waals surface area (Å²) >= 11 is 6.51. The summed E-state index contributed by atoms with van der Waals surface area (Å²) in [5, 5.41) is 22.1. The molecule has 0 bridgehead atoms. The largest absolute Gasteiger partial charge is 0.384 e. The van der Waals surface area contributed by atoms with Crippen molar-refractivity contribution in [3.8, 4) is 5.82 Å². The van der Waals surface area contributed by atoms with Gasteiger partial charge in [0.25, 0.3) is 5.56 Å². The Labute approximate surface area is 192 Å². The summed E-state index contributed by atoms with van der Waals surface area (Å²) in [6.07, 6.45) is 3.17. The number of anilines is 2. The molecule has 0 spiro atoms. The first-order valence-electron chi connectivity index (χ1n) is 10.4. The predicted octanol–water partition coefficient (Wildman–Crippen LogP) is 3.50. The molecule has 0 aliphatic rings. The van der Waals surface area contributed by atoms with Crippen molar-refractivity contribution in [3.63, 3.8) is 0 Å². The average molecular weight is 465 g/mol. The van der Waals surface area contributed by atoms with Gasteiger partial charge in [-0.3, -0.25) is 9.89 Å². The van der Waals surface area contributed by atoms with Crippen molar-refractivity contribution in [2.75, 3.05) is 5.32 Å². The minimum atomic E-state index is -1.14. The number of H-pyrrole nitrogens is 1. The smallest absolute Gasteiger partial charge is 0.278 e. The Morgan fingerprint density at radius 1 is 1.18 bits per heavy atom. The molecule has 33 heavy (non-hydrogen) atoms. The molecule has 0 amide bonds. The van der Waals surface area contributed by atoms with Crippen molar-refractivity contribution in [3.05, 3.63) is 63.8 Å². The fourth-order valence-corrected chi connectivity index (χ4v) is 3.95. The van der Waals surface area contributed by atoms with Crippen LogP contribution in [0.25, 0.3) is 27.8 Å². The fourth-order valence-electron chi connectivity index (χ4n) is 3.68. The second kappa shape index (κ2) is 7.68. The Balaban J connectivity index is 1.66. The topological polar surface area (TPSA) is 127 Å². The predicted molar refractivity (Wildman–Crippen MR) is 126 cm³/mol. The molecule has 3 N–H and O–H groups in total. The number of aromatic amines is 1. The molecule has 4 aromatic heterocycles. The molecular weight excluding hydrogens is 444 g/mol. The summed E-state index contributed by atoms with van der Waals surface area (Å²) in [5.41, 5.74) is 0.789. The first kappa shape index (κ1) is 21.1. The summed E-state index contributed by atoms with van der Waals surface area (Å²) in [4.78, 5) is 26.5. The first-order valence-corrected chi connectivity index (χ1v) is 10.7. The minimum Gasteiger partial charge on any atom is -0.384 e. The number of rotatable bonds is 5. The maximum absolute atomic E-state index is 13.0. The van der Waals surface area contributed by atoms with Crippen LogP contribution in [0.1, 0.15) is 26.5 Å². The van der Waals surface area contributed by atoms with Gasteiger partial charge in [-0.05, 0) is 45.0 Å². The highest BCUT2D eigenvalue weighted by molar-refractivity contribution is 6.37. The third kappa shape index (κ3) is 3.53. The van der Waals surface area contributed by atoms with Crippen LogP contribution in [0.4, 0.5) is 11.6 Å². The molecule has 0 saturated heterocycles. The van der Waals surface area contributed by atoms with E-state index < -0.39 is 5.60 Å². The number of aromatic nitrogens is 7. The van der Waals surface area contributed by atoms with Gasteiger partial charge in [-0.1, -0.05) is 17.7 Å². The summed E-state index contributed by atoms with van der Waals surface area (Å²) in [5.74, 6) is 0.731. The lowest BCUT2D eigenvalue weighted by atomic mass is 10.1. The number of nitrogens with zero attached hydrogens (tertiary/aromatic N) is 6. The molecule has 4 heterocycles. The monoisotopic (exact) mass is 464 g/mol. The molecular formula is C22H21ClN8O2. The van der Waals surface area contributed by atoms with Gasteiger partial charge in [-0.2, -0.15) is 10.1 Å². The van der Waals surface area contributed by atoms with Gasteiger partial charge in [0, 0.05) is 18.1 Å². The number of hydrogen-bond acceptors (Lipinski definition) is 7. The molecule has 5 aromatic rings. The van der Waals surface area contributed by atoms with E-state index in [2.05, 4.69) is 30.5 Å². The maximum atomic E-state index is 13.0. The van der Waals surface area contributed by atoms with Crippen molar-refractivity contribution >= 4 is 45.2 Å². The molecule has 0 aliphatic heterocycles. The van der Waals surface area contributed by atoms with E-state index in [1.54, 1.807) is 42.9 Å². The molecule has 1 aromatic carbocycles. The molecule has 168 valence electrons. The quantitative estimate of drug-likeness (QED) is 0.363. The molecule has 0 radical (unpaired) electrons. The summed E-state index contributed by atoms with van der Waals surface area (Å²) in [6.45, 7) is 5.58. The molecule has 0 saturated carbocycles. The van der Waals surface area contributed by atoms with Crippen molar-refractivity contribution in [1.29, 1.82) is 0 Å². The molecule has 5 rings (SSSR count). The van der Waals surface area contributed by atoms with Gasteiger partial charge in [-0.15, -0.1) is 0 Å². The molecule has 11 heteroatoms. The van der Waals surface area contributed by atoms with E-state index in [9.17, 15) is 9.90 Å². The number of fused-ring (bicyclic) bond motifs is 2. The van der Waals surface area contributed by atoms with E-state index in [1.807, 2.05) is 19.1 Å². The van der Waals surface area contributed by atoms with Crippen LogP contribution in [-0.2, 0) is 12.1 Å². The van der Waals surface area contributed by atoms with Crippen LogP contribution in [0.3, 0.4) is 0 Å². The van der Waals surface area contributed by atoms with Crippen LogP contribution in [0.15, 0.2) is 47.5 Å². The summed E-state index contributed by atoms with van der Waals surface area (Å²) < 4.78 is 3.17. The second-order valence-corrected chi connectivity index (χ2v) is 8.47. The Kier molecular flexibility index (Phi) is 4.91. The van der Waals surface area contributed by atoms with Gasteiger partial charge in [0.2, 0.25) is 5.95 Å². The van der Waals surface area contributed by atoms with Crippen LogP contribution in [0.5, 0.6) is 0 Å². The molecule has 0 atom stereocenters. The van der Waals surface area contributed by atoms with E-state index in [0.717, 1.165) is 5.39 Å². The van der Waals surface area contributed by atoms with Gasteiger partial charge in [0.1, 0.15) is 11.0 Å². The molecule has 0 unspecified atom stereocenters. The fraction of sp³-hybridized carbons (Fsp3) is 0.227. The molecule has 0 aliphatic carbocycles. The van der Waals surface area contributed by atoms with Crippen LogP contribution < -0.4 is 10.9 Å². The van der Waals surface area contributed by atoms with Crippen LogP contribution in [0.2, 0.25) is 5.02 Å². The molecule has 10 nitrogen and oxygen atoms in total. The Hall–Kier alpha value is -3.76. The average Bonchev–Trinajstić information content (AvgIpc) is 3.38. The van der Waals surface area contributed by atoms with Crippen molar-refractivity contribution in [1.82, 2.24) is 34.5 Å². The van der Waals surface area contributed by atoms with E-state index in [1.165, 1.54) is 10.9 Å². The first-order chi connectivity index (χ1) is 15.8. The maximum Gasteiger partial charge on any atom is 0.278 e. The Morgan fingerprint density at radius 2 is 2.00 bits per heavy atom. The van der Waals surface area contributed by atoms with Crippen LogP contribution >= 0.6 is 11.6 Å². The number of pyridine rings is 1. The zero-order valence-electron chi connectivity index (χ0n) is 18.2. The SMILES string of the molecule is CCn1c(=O)c2cnc(Nc3ccc4cn[nH]c4c3Cl)nc2n1-c1cccc(C(C)(C)O)n1. The number of nitrogens with one attached hydrogen (secondary N) is 2. The van der Waals surface area contributed by atoms with Crippen molar-refractivity contribution < 1.29 is 5.11 Å². The van der Waals surface area contributed by atoms with Crippen molar-refractivity contribution in [2.24, 2.45) is 0 Å². The third-order valence-electron chi connectivity index (χ3n) is 5.35. The Bertz CT molecular complexity index is 1560. The van der Waals surface area contributed by atoms with Crippen molar-refractivity contribution in [2.45, 2.75) is 32.9 Å². The lowest BCUT2D eigenvalue weighted by Crippen LogP contribution is -2.23. The van der Waals surface area contributed by atoms with E-state index in [4.69, 9.17) is 11.6 Å². The van der Waals surface area contributed by atoms with Gasteiger partial charge >= 0.3 is 0 Å². The third-order valence-corrected chi connectivity index (χ3v) is 5.75. The van der Waals surface area contributed by atoms with Gasteiger partial charge in [0.15, 0.2) is 11.5 Å². The van der Waals surface area contributed by atoms with E-state index in [0.29, 0.717) is 45.3 Å². The van der Waals surface area contributed by atoms with E-state index in [-0.39, 0.29) is 11.5 Å². The zero-order chi connectivity index (χ0) is 23.3. The summed E-state index contributed by atoms with van der Waals surface area (Å²) in [6, 6.07) is 8.97. The van der Waals surface area contributed by atoms with E-state index >= 15 is 0 Å². The molecule has 0 fully saturated rings. The number of aliphatic hydroxyl groups is 1. The highest BCUT2D eigenvalue weighted by atomic mass is 35.5. The lowest BCUT2D eigenvalue weighted by molar-refractivity contribution is 0.0738. The second-order valence-electron chi connectivity index (χ2n) is 8.09.